The molecule has 1 aromatic carbocycles. The lowest BCUT2D eigenvalue weighted by atomic mass is 10.2. The second kappa shape index (κ2) is 6.11. The Kier molecular flexibility index (Phi) is 4.44. The third-order valence-corrected chi connectivity index (χ3v) is 4.03. The summed E-state index contributed by atoms with van der Waals surface area (Å²) in [5, 5.41) is 5.29. The predicted molar refractivity (Wildman–Crippen MR) is 83.2 cm³/mol. The highest BCUT2D eigenvalue weighted by atomic mass is 32.2. The fourth-order valence-corrected chi connectivity index (χ4v) is 2.86. The second-order valence-corrected chi connectivity index (χ2v) is 6.14. The summed E-state index contributed by atoms with van der Waals surface area (Å²) < 4.78 is 23.5. The Morgan fingerprint density at radius 1 is 1.24 bits per heavy atom. The number of aromatic nitrogens is 1. The number of sulfonamides is 1. The van der Waals surface area contributed by atoms with Gasteiger partial charge in [-0.3, -0.25) is 4.98 Å². The lowest BCUT2D eigenvalue weighted by molar-refractivity contribution is 0.597. The number of hydrogen-bond donors (Lipinski definition) is 2. The number of rotatable bonds is 5. The Morgan fingerprint density at radius 3 is 2.57 bits per heavy atom. The summed E-state index contributed by atoms with van der Waals surface area (Å²) in [6, 6.07) is 10.3. The number of benzene rings is 1. The largest absolute Gasteiger partial charge is 0.399 e. The predicted octanol–water partition coefficient (Wildman–Crippen LogP) is 1.34. The van der Waals surface area contributed by atoms with E-state index in [-0.39, 0.29) is 4.90 Å². The maximum Gasteiger partial charge on any atom is 0.240 e. The van der Waals surface area contributed by atoms with Crippen LogP contribution in [0.2, 0.25) is 0 Å². The average Bonchev–Trinajstić information content (AvgIpc) is 2.45. The number of nitrogens with zero attached hydrogens (tertiary/aromatic N) is 2. The molecule has 0 saturated heterocycles. The van der Waals surface area contributed by atoms with Crippen molar-refractivity contribution in [3.8, 4) is 0 Å². The highest BCUT2D eigenvalue weighted by Crippen LogP contribution is 2.27. The van der Waals surface area contributed by atoms with E-state index in [1.807, 2.05) is 30.0 Å². The molecule has 0 aliphatic carbocycles. The Bertz CT molecular complexity index is 717. The first kappa shape index (κ1) is 15.3. The Balaban J connectivity index is 2.43. The highest BCUT2D eigenvalue weighted by molar-refractivity contribution is 7.89. The van der Waals surface area contributed by atoms with E-state index in [0.29, 0.717) is 24.5 Å². The summed E-state index contributed by atoms with van der Waals surface area (Å²) in [5.74, 6) is 0. The molecule has 0 radical (unpaired) electrons. The van der Waals surface area contributed by atoms with Crippen LogP contribution < -0.4 is 15.8 Å². The molecule has 21 heavy (non-hydrogen) atoms. The van der Waals surface area contributed by atoms with Crippen molar-refractivity contribution in [1.29, 1.82) is 0 Å². The minimum Gasteiger partial charge on any atom is -0.399 e. The van der Waals surface area contributed by atoms with Crippen LogP contribution in [0.5, 0.6) is 0 Å². The van der Waals surface area contributed by atoms with Crippen molar-refractivity contribution in [1.82, 2.24) is 4.98 Å². The number of nitrogen functional groups attached to an aromatic ring is 1. The fraction of sp³-hybridized carbons (Fsp3) is 0.214. The SMILES string of the molecule is CCN(Cc1ccccn1)c1ccc(N)cc1S(N)(=O)=O. The molecular weight excluding hydrogens is 288 g/mol. The molecule has 6 nitrogen and oxygen atoms in total. The van der Waals surface area contributed by atoms with E-state index in [4.69, 9.17) is 10.9 Å². The molecule has 2 rings (SSSR count). The van der Waals surface area contributed by atoms with E-state index in [0.717, 1.165) is 5.69 Å². The fourth-order valence-electron chi connectivity index (χ4n) is 2.07. The Morgan fingerprint density at radius 2 is 2.00 bits per heavy atom. The monoisotopic (exact) mass is 306 g/mol. The van der Waals surface area contributed by atoms with Crippen molar-refractivity contribution in [3.05, 3.63) is 48.3 Å². The van der Waals surface area contributed by atoms with Crippen LogP contribution in [0.1, 0.15) is 12.6 Å². The van der Waals surface area contributed by atoms with Crippen molar-refractivity contribution in [2.75, 3.05) is 17.2 Å². The lowest BCUT2D eigenvalue weighted by Crippen LogP contribution is -2.26. The van der Waals surface area contributed by atoms with Crippen LogP contribution in [0.15, 0.2) is 47.5 Å². The molecule has 0 bridgehead atoms. The zero-order chi connectivity index (χ0) is 15.5. The summed E-state index contributed by atoms with van der Waals surface area (Å²) in [5.41, 5.74) is 7.40. The quantitative estimate of drug-likeness (QED) is 0.811. The molecule has 0 fully saturated rings. The molecule has 0 atom stereocenters. The second-order valence-electron chi connectivity index (χ2n) is 4.61. The molecule has 2 aromatic rings. The van der Waals surface area contributed by atoms with Crippen LogP contribution in [0.3, 0.4) is 0 Å². The van der Waals surface area contributed by atoms with Gasteiger partial charge in [0, 0.05) is 18.4 Å². The molecule has 4 N–H and O–H groups in total. The van der Waals surface area contributed by atoms with Gasteiger partial charge in [0.2, 0.25) is 10.0 Å². The number of pyridine rings is 1. The minimum atomic E-state index is -3.85. The van der Waals surface area contributed by atoms with E-state index >= 15 is 0 Å². The molecule has 112 valence electrons. The molecule has 0 aliphatic rings. The maximum atomic E-state index is 11.8. The van der Waals surface area contributed by atoms with Gasteiger partial charge < -0.3 is 10.6 Å². The average molecular weight is 306 g/mol. The Labute approximate surface area is 124 Å². The maximum absolute atomic E-state index is 11.8. The van der Waals surface area contributed by atoms with Crippen LogP contribution in [0.4, 0.5) is 11.4 Å². The van der Waals surface area contributed by atoms with Gasteiger partial charge in [0.1, 0.15) is 4.90 Å². The van der Waals surface area contributed by atoms with E-state index in [9.17, 15) is 8.42 Å². The van der Waals surface area contributed by atoms with Crippen LogP contribution in [0, 0.1) is 0 Å². The molecule has 0 aliphatic heterocycles. The number of hydrogen-bond acceptors (Lipinski definition) is 5. The van der Waals surface area contributed by atoms with Crippen molar-refractivity contribution < 1.29 is 8.42 Å². The van der Waals surface area contributed by atoms with Crippen molar-refractivity contribution in [3.63, 3.8) is 0 Å². The summed E-state index contributed by atoms with van der Waals surface area (Å²) in [6.45, 7) is 3.04. The van der Waals surface area contributed by atoms with Gasteiger partial charge in [0.25, 0.3) is 0 Å². The minimum absolute atomic E-state index is 0.0280. The first-order valence-corrected chi connectivity index (χ1v) is 8.03. The van der Waals surface area contributed by atoms with Gasteiger partial charge in [-0.2, -0.15) is 0 Å². The van der Waals surface area contributed by atoms with Crippen molar-refractivity contribution >= 4 is 21.4 Å². The van der Waals surface area contributed by atoms with Gasteiger partial charge in [-0.05, 0) is 37.3 Å². The standard InChI is InChI=1S/C14H18N4O2S/c1-2-18(10-12-5-3-4-8-17-12)13-7-6-11(15)9-14(13)21(16,19)20/h3-9H,2,10,15H2,1H3,(H2,16,19,20). The van der Waals surface area contributed by atoms with Crippen LogP contribution >= 0.6 is 0 Å². The third kappa shape index (κ3) is 3.71. The summed E-state index contributed by atoms with van der Waals surface area (Å²) in [6.07, 6.45) is 1.70. The number of anilines is 2. The molecule has 0 unspecified atom stereocenters. The normalized spacial score (nSPS) is 11.3. The molecule has 0 saturated carbocycles. The lowest BCUT2D eigenvalue weighted by Gasteiger charge is -2.25. The Hall–Kier alpha value is -2.12. The van der Waals surface area contributed by atoms with Gasteiger partial charge in [0.15, 0.2) is 0 Å². The summed E-state index contributed by atoms with van der Waals surface area (Å²) in [4.78, 5) is 6.17. The van der Waals surface area contributed by atoms with E-state index in [1.54, 1.807) is 18.3 Å². The van der Waals surface area contributed by atoms with Gasteiger partial charge in [0.05, 0.1) is 17.9 Å². The molecule has 7 heteroatoms. The van der Waals surface area contributed by atoms with Crippen LogP contribution in [-0.2, 0) is 16.6 Å². The van der Waals surface area contributed by atoms with Crippen LogP contribution in [0.25, 0.3) is 0 Å². The molecule has 0 spiro atoms. The van der Waals surface area contributed by atoms with Gasteiger partial charge in [-0.15, -0.1) is 0 Å². The third-order valence-electron chi connectivity index (χ3n) is 3.09. The van der Waals surface area contributed by atoms with E-state index in [2.05, 4.69) is 4.98 Å². The summed E-state index contributed by atoms with van der Waals surface area (Å²) in [7, 11) is -3.85. The topological polar surface area (TPSA) is 102 Å². The van der Waals surface area contributed by atoms with Crippen LogP contribution in [-0.4, -0.2) is 19.9 Å². The van der Waals surface area contributed by atoms with Gasteiger partial charge in [-0.1, -0.05) is 6.07 Å². The smallest absolute Gasteiger partial charge is 0.240 e. The van der Waals surface area contributed by atoms with E-state index < -0.39 is 10.0 Å². The number of nitrogens with two attached hydrogens (primary N) is 2. The molecule has 1 heterocycles. The highest BCUT2D eigenvalue weighted by Gasteiger charge is 2.18. The molecule has 0 amide bonds. The van der Waals surface area contributed by atoms with E-state index in [1.165, 1.54) is 6.07 Å². The number of primary sulfonamides is 1. The van der Waals surface area contributed by atoms with Gasteiger partial charge >= 0.3 is 0 Å². The molecular formula is C14H18N4O2S. The first-order chi connectivity index (χ1) is 9.91. The first-order valence-electron chi connectivity index (χ1n) is 6.49. The zero-order valence-corrected chi connectivity index (χ0v) is 12.5. The zero-order valence-electron chi connectivity index (χ0n) is 11.7. The molecule has 1 aromatic heterocycles. The summed E-state index contributed by atoms with van der Waals surface area (Å²) >= 11 is 0. The van der Waals surface area contributed by atoms with Crippen molar-refractivity contribution in [2.24, 2.45) is 5.14 Å². The van der Waals surface area contributed by atoms with Gasteiger partial charge in [-0.25, -0.2) is 13.6 Å². The van der Waals surface area contributed by atoms with Crippen molar-refractivity contribution in [2.45, 2.75) is 18.4 Å².